The van der Waals surface area contributed by atoms with Crippen molar-refractivity contribution in [1.29, 1.82) is 0 Å². The maximum atomic E-state index is 6.64. The molecule has 0 saturated heterocycles. The van der Waals surface area contributed by atoms with Crippen molar-refractivity contribution < 1.29 is 9.31 Å². The van der Waals surface area contributed by atoms with Crippen molar-refractivity contribution in [1.82, 2.24) is 0 Å². The summed E-state index contributed by atoms with van der Waals surface area (Å²) >= 11 is 0. The Bertz CT molecular complexity index is 137. The number of nitrogens with zero attached hydrogens (tertiary/aromatic N) is 1. The Morgan fingerprint density at radius 2 is 2.12 bits per heavy atom. The summed E-state index contributed by atoms with van der Waals surface area (Å²) in [6.45, 7) is 0. The fourth-order valence-corrected chi connectivity index (χ4v) is 0.345. The van der Waals surface area contributed by atoms with E-state index >= 15 is 0 Å². The molecule has 0 fully saturated rings. The first-order valence-electron chi connectivity index (χ1n) is 2.23. The van der Waals surface area contributed by atoms with Gasteiger partial charge in [0.25, 0.3) is 5.90 Å². The monoisotopic (exact) mass is 111 g/mol. The van der Waals surface area contributed by atoms with Crippen LogP contribution in [0.25, 0.3) is 0 Å². The van der Waals surface area contributed by atoms with Crippen LogP contribution in [0, 0.1) is 12.3 Å². The molecule has 0 aliphatic heterocycles. The van der Waals surface area contributed by atoms with Crippen LogP contribution in [0.5, 0.6) is 0 Å². The van der Waals surface area contributed by atoms with E-state index in [1.807, 2.05) is 0 Å². The van der Waals surface area contributed by atoms with E-state index in [9.17, 15) is 0 Å². The number of hydrogen-bond donors (Lipinski definition) is 0. The average molecular weight is 111 g/mol. The van der Waals surface area contributed by atoms with Crippen molar-refractivity contribution in [3.8, 4) is 5.92 Å². The highest BCUT2D eigenvalue weighted by molar-refractivity contribution is 5.87. The first kappa shape index (κ1) is 7.03. The third kappa shape index (κ3) is 1.65. The smallest absolute Gasteiger partial charge is 0.259 e. The van der Waals surface area contributed by atoms with Crippen LogP contribution in [0.3, 0.4) is 0 Å². The summed E-state index contributed by atoms with van der Waals surface area (Å²) < 4.78 is 6.38. The zero-order valence-corrected chi connectivity index (χ0v) is 5.36. The van der Waals surface area contributed by atoms with Crippen LogP contribution >= 0.6 is 0 Å². The molecule has 8 heavy (non-hydrogen) atoms. The topological polar surface area (TPSA) is 12.2 Å². The van der Waals surface area contributed by atoms with Gasteiger partial charge < -0.3 is 11.2 Å². The lowest BCUT2D eigenvalue weighted by atomic mass is 10.6. The largest absolute Gasteiger partial charge is 0.526 e. The Morgan fingerprint density at radius 3 is 2.12 bits per heavy atom. The second-order valence-electron chi connectivity index (χ2n) is 1.53. The van der Waals surface area contributed by atoms with E-state index in [4.69, 9.17) is 11.2 Å². The lowest BCUT2D eigenvalue weighted by Crippen LogP contribution is -2.12. The van der Waals surface area contributed by atoms with Gasteiger partial charge in [0.05, 0.1) is 7.11 Å². The zero-order valence-electron chi connectivity index (χ0n) is 5.36. The van der Waals surface area contributed by atoms with Crippen molar-refractivity contribution in [2.45, 2.75) is 0 Å². The third-order valence-electron chi connectivity index (χ3n) is 0.706. The molecule has 0 heterocycles. The van der Waals surface area contributed by atoms with Gasteiger partial charge >= 0.3 is 0 Å². The second-order valence-corrected chi connectivity index (χ2v) is 1.53. The van der Waals surface area contributed by atoms with Gasteiger partial charge in [-0.1, -0.05) is 0 Å². The van der Waals surface area contributed by atoms with Crippen molar-refractivity contribution in [2.75, 3.05) is 21.2 Å². The summed E-state index contributed by atoms with van der Waals surface area (Å²) in [6.07, 6.45) is 6.64. The van der Waals surface area contributed by atoms with Gasteiger partial charge in [0, 0.05) is 0 Å². The van der Waals surface area contributed by atoms with E-state index in [0.29, 0.717) is 5.90 Å². The molecule has 0 aromatic heterocycles. The standard InChI is InChI=1S/C6H9NO/c1-5-6(8-4)7(2)3/h2-4H3. The minimum atomic E-state index is 0.435. The fourth-order valence-electron chi connectivity index (χ4n) is 0.345. The molecule has 0 bridgehead atoms. The summed E-state index contributed by atoms with van der Waals surface area (Å²) in [6, 6.07) is 0. The van der Waals surface area contributed by atoms with Crippen LogP contribution in [0.1, 0.15) is 0 Å². The summed E-state index contributed by atoms with van der Waals surface area (Å²) in [5.74, 6) is 2.56. The van der Waals surface area contributed by atoms with E-state index in [0.717, 1.165) is 0 Å². The highest BCUT2D eigenvalue weighted by atomic mass is 16.5. The molecule has 2 heteroatoms. The maximum absolute atomic E-state index is 6.64. The summed E-state index contributed by atoms with van der Waals surface area (Å²) in [4.78, 5) is 0. The van der Waals surface area contributed by atoms with Gasteiger partial charge in [-0.2, -0.15) is 5.92 Å². The van der Waals surface area contributed by atoms with Crippen LogP contribution in [0.4, 0.5) is 0 Å². The molecule has 0 radical (unpaired) electrons. The van der Waals surface area contributed by atoms with Crippen LogP contribution < -0.4 is 0 Å². The van der Waals surface area contributed by atoms with E-state index in [1.165, 1.54) is 7.11 Å². The molecule has 0 atom stereocenters. The van der Waals surface area contributed by atoms with Crippen molar-refractivity contribution in [3.63, 3.8) is 0 Å². The van der Waals surface area contributed by atoms with Crippen molar-refractivity contribution >= 4 is 5.90 Å². The Kier molecular flexibility index (Phi) is 2.71. The van der Waals surface area contributed by atoms with Crippen LogP contribution in [-0.2, 0) is 4.74 Å². The molecule has 0 aliphatic rings. The average Bonchev–Trinajstić information content (AvgIpc) is 1.69. The molecule has 0 unspecified atom stereocenters. The molecule has 0 rings (SSSR count). The molecule has 0 spiro atoms. The summed E-state index contributed by atoms with van der Waals surface area (Å²) in [5.41, 5.74) is 0. The Labute approximate surface area is 49.8 Å². The van der Waals surface area contributed by atoms with Gasteiger partial charge in [0.15, 0.2) is 0 Å². The van der Waals surface area contributed by atoms with Crippen molar-refractivity contribution in [2.24, 2.45) is 0 Å². The summed E-state index contributed by atoms with van der Waals surface area (Å²) in [5, 5.41) is 0. The molecule has 0 amide bonds. The minimum Gasteiger partial charge on any atom is -0.526 e. The van der Waals surface area contributed by atoms with Crippen LogP contribution in [-0.4, -0.2) is 31.7 Å². The Balaban J connectivity index is 4.15. The zero-order chi connectivity index (χ0) is 6.57. The lowest BCUT2D eigenvalue weighted by molar-refractivity contribution is -0.472. The van der Waals surface area contributed by atoms with Gasteiger partial charge in [-0.3, -0.25) is 4.58 Å². The van der Waals surface area contributed by atoms with Crippen LogP contribution in [0.15, 0.2) is 0 Å². The highest BCUT2D eigenvalue weighted by Crippen LogP contribution is 1.70. The normalized spacial score (nSPS) is 7.25. The first-order chi connectivity index (χ1) is 3.72. The SMILES string of the molecule is [C-]#CC(OC)=[N+](C)C. The molecular weight excluding hydrogens is 102 g/mol. The van der Waals surface area contributed by atoms with Gasteiger partial charge in [-0.15, -0.1) is 0 Å². The van der Waals surface area contributed by atoms with E-state index < -0.39 is 0 Å². The second kappa shape index (κ2) is 3.09. The quantitative estimate of drug-likeness (QED) is 0.140. The van der Waals surface area contributed by atoms with E-state index in [2.05, 4.69) is 5.92 Å². The van der Waals surface area contributed by atoms with Gasteiger partial charge in [0.2, 0.25) is 0 Å². The molecule has 44 valence electrons. The molecule has 2 nitrogen and oxygen atoms in total. The molecule has 0 saturated carbocycles. The highest BCUT2D eigenvalue weighted by Gasteiger charge is 1.86. The number of hydrogen-bond acceptors (Lipinski definition) is 1. The number of methoxy groups -OCH3 is 1. The number of ether oxygens (including phenoxy) is 1. The Hall–Kier alpha value is -0.970. The van der Waals surface area contributed by atoms with Crippen molar-refractivity contribution in [3.05, 3.63) is 6.42 Å². The van der Waals surface area contributed by atoms with E-state index in [-0.39, 0.29) is 0 Å². The Morgan fingerprint density at radius 1 is 1.62 bits per heavy atom. The first-order valence-corrected chi connectivity index (χ1v) is 2.23. The molecule has 0 N–H and O–H groups in total. The molecule has 0 aliphatic carbocycles. The molecular formula is C6H9NO. The van der Waals surface area contributed by atoms with Gasteiger partial charge in [0.1, 0.15) is 14.1 Å². The van der Waals surface area contributed by atoms with Gasteiger partial charge in [-0.05, 0) is 0 Å². The van der Waals surface area contributed by atoms with Gasteiger partial charge in [-0.25, -0.2) is 0 Å². The lowest BCUT2D eigenvalue weighted by Gasteiger charge is -2.00. The third-order valence-corrected chi connectivity index (χ3v) is 0.706. The maximum Gasteiger partial charge on any atom is 0.259 e. The summed E-state index contributed by atoms with van der Waals surface area (Å²) in [7, 11) is 5.09. The molecule has 0 aromatic carbocycles. The number of rotatable bonds is 0. The minimum absolute atomic E-state index is 0.435. The predicted octanol–water partition coefficient (Wildman–Crippen LogP) is -0.107. The predicted molar refractivity (Wildman–Crippen MR) is 31.3 cm³/mol. The van der Waals surface area contributed by atoms with E-state index in [1.54, 1.807) is 18.7 Å². The molecule has 0 aromatic rings. The fraction of sp³-hybridized carbons (Fsp3) is 0.500. The van der Waals surface area contributed by atoms with Crippen LogP contribution in [0.2, 0.25) is 0 Å².